The largest absolute Gasteiger partial charge is 0.465 e. The van der Waals surface area contributed by atoms with E-state index >= 15 is 0 Å². The Labute approximate surface area is 199 Å². The fourth-order valence-electron chi connectivity index (χ4n) is 4.23. The molecule has 3 aromatic rings. The number of pyridine rings is 1. The van der Waals surface area contributed by atoms with Gasteiger partial charge < -0.3 is 4.74 Å². The van der Waals surface area contributed by atoms with Gasteiger partial charge in [0.1, 0.15) is 5.78 Å². The first-order chi connectivity index (χ1) is 16.3. The Bertz CT molecular complexity index is 1360. The molecule has 34 heavy (non-hydrogen) atoms. The van der Waals surface area contributed by atoms with Crippen molar-refractivity contribution in [2.45, 2.75) is 24.3 Å². The fraction of sp³-hybridized carbons (Fsp3) is 0.269. The van der Waals surface area contributed by atoms with Crippen LogP contribution in [0.3, 0.4) is 0 Å². The number of nitrogens with zero attached hydrogens (tertiary/aromatic N) is 2. The lowest BCUT2D eigenvalue weighted by Gasteiger charge is -2.28. The maximum Gasteiger partial charge on any atom is 0.338 e. The first-order valence-electron chi connectivity index (χ1n) is 11.0. The van der Waals surface area contributed by atoms with Crippen molar-refractivity contribution >= 4 is 32.5 Å². The van der Waals surface area contributed by atoms with Crippen LogP contribution < -0.4 is 0 Å². The highest BCUT2D eigenvalue weighted by Gasteiger charge is 2.26. The molecule has 0 N–H and O–H groups in total. The molecule has 0 radical (unpaired) electrons. The summed E-state index contributed by atoms with van der Waals surface area (Å²) in [7, 11) is -2.30. The molecule has 2 heterocycles. The summed E-state index contributed by atoms with van der Waals surface area (Å²) < 4.78 is 30.5. The van der Waals surface area contributed by atoms with Crippen LogP contribution in [0.4, 0.5) is 0 Å². The van der Waals surface area contributed by atoms with Crippen molar-refractivity contribution in [3.8, 4) is 11.3 Å². The van der Waals surface area contributed by atoms with Gasteiger partial charge in [-0.3, -0.25) is 9.69 Å². The maximum atomic E-state index is 13.1. The topological polar surface area (TPSA) is 93.6 Å². The van der Waals surface area contributed by atoms with E-state index in [1.165, 1.54) is 25.3 Å². The number of likely N-dealkylation sites (tertiary alicyclic amines) is 1. The van der Waals surface area contributed by atoms with Crippen LogP contribution in [-0.4, -0.2) is 56.0 Å². The number of benzene rings is 2. The molecule has 4 rings (SSSR count). The molecule has 0 atom stereocenters. The Morgan fingerprint density at radius 2 is 1.85 bits per heavy atom. The molecule has 1 saturated heterocycles. The van der Waals surface area contributed by atoms with Crippen molar-refractivity contribution in [1.29, 1.82) is 0 Å². The molecule has 1 fully saturated rings. The molecule has 1 aliphatic rings. The van der Waals surface area contributed by atoms with Gasteiger partial charge in [0.25, 0.3) is 0 Å². The number of hydrogen-bond donors (Lipinski definition) is 0. The molecule has 1 aromatic heterocycles. The van der Waals surface area contributed by atoms with Gasteiger partial charge in [0.15, 0.2) is 9.84 Å². The maximum absolute atomic E-state index is 13.1. The number of esters is 1. The molecule has 0 aliphatic carbocycles. The Hall–Kier alpha value is -3.36. The average molecular weight is 479 g/mol. The highest BCUT2D eigenvalue weighted by atomic mass is 32.2. The summed E-state index contributed by atoms with van der Waals surface area (Å²) in [5.41, 5.74) is 2.90. The van der Waals surface area contributed by atoms with Crippen molar-refractivity contribution in [2.75, 3.05) is 26.0 Å². The molecule has 8 heteroatoms. The first kappa shape index (κ1) is 23.8. The Balaban J connectivity index is 1.98. The van der Waals surface area contributed by atoms with Gasteiger partial charge in [-0.25, -0.2) is 18.2 Å². The van der Waals surface area contributed by atoms with Gasteiger partial charge in [-0.05, 0) is 18.2 Å². The number of fused-ring (bicyclic) bond motifs is 1. The van der Waals surface area contributed by atoms with Gasteiger partial charge >= 0.3 is 5.97 Å². The molecule has 0 unspecified atom stereocenters. The zero-order valence-corrected chi connectivity index (χ0v) is 19.8. The van der Waals surface area contributed by atoms with Crippen molar-refractivity contribution in [1.82, 2.24) is 9.88 Å². The van der Waals surface area contributed by atoms with Crippen LogP contribution in [0.2, 0.25) is 0 Å². The third-order valence-electron chi connectivity index (χ3n) is 5.99. The second-order valence-corrected chi connectivity index (χ2v) is 10.3. The minimum Gasteiger partial charge on any atom is -0.465 e. The predicted octanol–water partition coefficient (Wildman–Crippen LogP) is 3.81. The van der Waals surface area contributed by atoms with Gasteiger partial charge in [-0.15, -0.1) is 6.58 Å². The molecule has 2 aromatic carbocycles. The number of piperidine rings is 1. The number of carbonyl (C=O) groups excluding carboxylic acids is 2. The molecule has 0 spiro atoms. The zero-order chi connectivity index (χ0) is 24.3. The summed E-state index contributed by atoms with van der Waals surface area (Å²) in [6.07, 6.45) is 2.25. The number of sulfone groups is 1. The van der Waals surface area contributed by atoms with E-state index in [1.54, 1.807) is 6.07 Å². The molecule has 0 amide bonds. The van der Waals surface area contributed by atoms with Crippen LogP contribution >= 0.6 is 0 Å². The standard InChI is InChI=1S/C26H26N2O5S/c1-3-15-34(31,32)20-9-10-23-21(16-20)24(26(30)33-2)22(17-28-13-11-19(29)12-14-28)25(27-23)18-7-5-4-6-8-18/h3-10,16H,1,11-15,17H2,2H3. The molecule has 0 saturated carbocycles. The van der Waals surface area contributed by atoms with E-state index in [1.807, 2.05) is 30.3 Å². The average Bonchev–Trinajstić information content (AvgIpc) is 2.84. The molecular weight excluding hydrogens is 452 g/mol. The Kier molecular flexibility index (Phi) is 6.90. The summed E-state index contributed by atoms with van der Waals surface area (Å²) in [6.45, 7) is 5.08. The number of hydrogen-bond acceptors (Lipinski definition) is 7. The summed E-state index contributed by atoms with van der Waals surface area (Å²) in [4.78, 5) is 31.9. The van der Waals surface area contributed by atoms with Crippen LogP contribution in [0.5, 0.6) is 0 Å². The third kappa shape index (κ3) is 4.78. The predicted molar refractivity (Wildman–Crippen MR) is 130 cm³/mol. The van der Waals surface area contributed by atoms with Gasteiger partial charge in [-0.2, -0.15) is 0 Å². The van der Waals surface area contributed by atoms with Gasteiger partial charge in [0.05, 0.1) is 34.5 Å². The number of aromatic nitrogens is 1. The smallest absolute Gasteiger partial charge is 0.338 e. The van der Waals surface area contributed by atoms with Crippen molar-refractivity contribution in [3.05, 3.63) is 72.3 Å². The summed E-state index contributed by atoms with van der Waals surface area (Å²) in [5, 5.41) is 0.416. The lowest BCUT2D eigenvalue weighted by molar-refractivity contribution is -0.121. The van der Waals surface area contributed by atoms with E-state index < -0.39 is 15.8 Å². The van der Waals surface area contributed by atoms with Crippen molar-refractivity contribution in [2.24, 2.45) is 0 Å². The normalized spacial score (nSPS) is 14.8. The van der Waals surface area contributed by atoms with E-state index in [2.05, 4.69) is 11.5 Å². The Morgan fingerprint density at radius 3 is 2.50 bits per heavy atom. The number of carbonyl (C=O) groups is 2. The number of Topliss-reactive ketones (excluding diaryl/α,β-unsaturated/α-hetero) is 1. The summed E-state index contributed by atoms with van der Waals surface area (Å²) >= 11 is 0. The van der Waals surface area contributed by atoms with E-state index in [-0.39, 0.29) is 16.4 Å². The molecule has 176 valence electrons. The van der Waals surface area contributed by atoms with Crippen LogP contribution in [0.15, 0.2) is 66.1 Å². The van der Waals surface area contributed by atoms with E-state index in [0.29, 0.717) is 60.2 Å². The van der Waals surface area contributed by atoms with E-state index in [9.17, 15) is 18.0 Å². The number of rotatable bonds is 7. The van der Waals surface area contributed by atoms with E-state index in [0.717, 1.165) is 5.56 Å². The SMILES string of the molecule is C=CCS(=O)(=O)c1ccc2nc(-c3ccccc3)c(CN3CCC(=O)CC3)c(C(=O)OC)c2c1. The van der Waals surface area contributed by atoms with Crippen LogP contribution in [0.1, 0.15) is 28.8 Å². The van der Waals surface area contributed by atoms with Crippen LogP contribution in [-0.2, 0) is 25.9 Å². The second-order valence-electron chi connectivity index (χ2n) is 8.24. The van der Waals surface area contributed by atoms with Gasteiger partial charge in [0.2, 0.25) is 0 Å². The molecular formula is C26H26N2O5S. The number of ketones is 1. The fourth-order valence-corrected chi connectivity index (χ4v) is 5.31. The summed E-state index contributed by atoms with van der Waals surface area (Å²) in [6, 6.07) is 14.1. The highest BCUT2D eigenvalue weighted by Crippen LogP contribution is 2.33. The molecule has 7 nitrogen and oxygen atoms in total. The lowest BCUT2D eigenvalue weighted by Crippen LogP contribution is -2.34. The minimum atomic E-state index is -3.61. The van der Waals surface area contributed by atoms with Gasteiger partial charge in [0, 0.05) is 49.0 Å². The number of ether oxygens (including phenoxy) is 1. The minimum absolute atomic E-state index is 0.0915. The third-order valence-corrected chi connectivity index (χ3v) is 7.63. The molecule has 1 aliphatic heterocycles. The monoisotopic (exact) mass is 478 g/mol. The summed E-state index contributed by atoms with van der Waals surface area (Å²) in [5.74, 6) is -0.552. The van der Waals surface area contributed by atoms with Gasteiger partial charge in [-0.1, -0.05) is 36.4 Å². The number of methoxy groups -OCH3 is 1. The van der Waals surface area contributed by atoms with Crippen molar-refractivity contribution in [3.63, 3.8) is 0 Å². The first-order valence-corrected chi connectivity index (χ1v) is 12.7. The molecule has 0 bridgehead atoms. The second kappa shape index (κ2) is 9.87. The quantitative estimate of drug-likeness (QED) is 0.376. The lowest BCUT2D eigenvalue weighted by atomic mass is 9.95. The zero-order valence-electron chi connectivity index (χ0n) is 19.0. The van der Waals surface area contributed by atoms with Crippen LogP contribution in [0.25, 0.3) is 22.2 Å². The van der Waals surface area contributed by atoms with Crippen molar-refractivity contribution < 1.29 is 22.7 Å². The highest BCUT2D eigenvalue weighted by molar-refractivity contribution is 7.91. The Morgan fingerprint density at radius 1 is 1.15 bits per heavy atom. The van der Waals surface area contributed by atoms with Crippen LogP contribution in [0, 0.1) is 0 Å². The van der Waals surface area contributed by atoms with E-state index in [4.69, 9.17) is 9.72 Å².